The Morgan fingerprint density at radius 3 is 1.79 bits per heavy atom. The fourth-order valence-corrected chi connectivity index (χ4v) is 3.35. The molecule has 0 radical (unpaired) electrons. The normalized spacial score (nSPS) is 17.5. The van der Waals surface area contributed by atoms with E-state index in [1.54, 1.807) is 6.20 Å². The van der Waals surface area contributed by atoms with Crippen LogP contribution in [0.5, 0.6) is 5.88 Å². The molecule has 4 rings (SSSR count). The van der Waals surface area contributed by atoms with Crippen molar-refractivity contribution in [2.75, 3.05) is 0 Å². The first-order valence-corrected chi connectivity index (χ1v) is 9.94. The summed E-state index contributed by atoms with van der Waals surface area (Å²) in [7, 11) is -0.532. The van der Waals surface area contributed by atoms with Crippen LogP contribution in [0.4, 0.5) is 0 Å². The second kappa shape index (κ2) is 7.66. The lowest BCUT2D eigenvalue weighted by molar-refractivity contribution is 0.00578. The summed E-state index contributed by atoms with van der Waals surface area (Å²) in [4.78, 5) is 4.53. The molecule has 0 spiro atoms. The van der Waals surface area contributed by atoms with Crippen molar-refractivity contribution in [3.63, 3.8) is 0 Å². The van der Waals surface area contributed by atoms with Crippen LogP contribution in [0, 0.1) is 0 Å². The predicted molar refractivity (Wildman–Crippen MR) is 115 cm³/mol. The number of ether oxygens (including phenoxy) is 1. The lowest BCUT2D eigenvalue weighted by Crippen LogP contribution is -2.41. The molecule has 2 aromatic carbocycles. The third-order valence-electron chi connectivity index (χ3n) is 5.74. The zero-order valence-electron chi connectivity index (χ0n) is 17.3. The number of hydrogen-bond donors (Lipinski definition) is 0. The number of benzene rings is 2. The van der Waals surface area contributed by atoms with E-state index < -0.39 is 18.3 Å². The largest absolute Gasteiger partial charge is 0.500 e. The number of aromatic nitrogens is 1. The summed E-state index contributed by atoms with van der Waals surface area (Å²) in [5.41, 5.74) is 2.06. The maximum Gasteiger partial charge on any atom is 0.500 e. The van der Waals surface area contributed by atoms with E-state index in [0.717, 1.165) is 16.6 Å². The Labute approximate surface area is 173 Å². The fraction of sp³-hybridized carbons (Fsp3) is 0.292. The van der Waals surface area contributed by atoms with Gasteiger partial charge in [0.25, 0.3) is 0 Å². The van der Waals surface area contributed by atoms with Gasteiger partial charge in [0.05, 0.1) is 11.2 Å². The molecule has 4 nitrogen and oxygen atoms in total. The van der Waals surface area contributed by atoms with Gasteiger partial charge >= 0.3 is 7.12 Å². The molecule has 0 N–H and O–H groups in total. The minimum atomic E-state index is -0.532. The highest BCUT2D eigenvalue weighted by molar-refractivity contribution is 6.63. The molecule has 0 aliphatic carbocycles. The lowest BCUT2D eigenvalue weighted by Gasteiger charge is -2.32. The third-order valence-corrected chi connectivity index (χ3v) is 5.74. The molecule has 3 aromatic rings. The molecule has 1 aliphatic rings. The number of pyridine rings is 1. The van der Waals surface area contributed by atoms with Gasteiger partial charge in [-0.3, -0.25) is 0 Å². The van der Waals surface area contributed by atoms with Crippen molar-refractivity contribution in [1.82, 2.24) is 4.98 Å². The molecule has 0 amide bonds. The standard InChI is InChI=1S/C24H26BNO3/c1-23(2)24(3,4)29-25(28-23)20-16-11-17-26-22(20)27-21(18-12-7-5-8-13-18)19-14-9-6-10-15-19/h5-17,21H,1-4H3. The van der Waals surface area contributed by atoms with Crippen LogP contribution >= 0.6 is 0 Å². The van der Waals surface area contributed by atoms with Gasteiger partial charge in [-0.15, -0.1) is 0 Å². The van der Waals surface area contributed by atoms with Crippen LogP contribution in [-0.4, -0.2) is 23.3 Å². The summed E-state index contributed by atoms with van der Waals surface area (Å²) >= 11 is 0. The monoisotopic (exact) mass is 387 g/mol. The van der Waals surface area contributed by atoms with Gasteiger partial charge in [-0.25, -0.2) is 4.98 Å². The molecule has 2 heterocycles. The Morgan fingerprint density at radius 2 is 1.28 bits per heavy atom. The highest BCUT2D eigenvalue weighted by atomic mass is 16.7. The number of rotatable bonds is 5. The Balaban J connectivity index is 1.70. The van der Waals surface area contributed by atoms with Gasteiger partial charge < -0.3 is 14.0 Å². The molecule has 1 saturated heterocycles. The molecule has 1 aliphatic heterocycles. The first-order valence-electron chi connectivity index (χ1n) is 9.94. The average molecular weight is 387 g/mol. The molecule has 5 heteroatoms. The van der Waals surface area contributed by atoms with E-state index in [2.05, 4.69) is 29.2 Å². The molecule has 0 atom stereocenters. The maximum atomic E-state index is 6.50. The van der Waals surface area contributed by atoms with Crippen LogP contribution in [-0.2, 0) is 9.31 Å². The Morgan fingerprint density at radius 1 is 0.759 bits per heavy atom. The second-order valence-corrected chi connectivity index (χ2v) is 8.31. The molecule has 1 aromatic heterocycles. The lowest BCUT2D eigenvalue weighted by atomic mass is 9.79. The van der Waals surface area contributed by atoms with E-state index in [9.17, 15) is 0 Å². The molecular weight excluding hydrogens is 361 g/mol. The van der Waals surface area contributed by atoms with Crippen molar-refractivity contribution in [3.8, 4) is 5.88 Å². The first-order chi connectivity index (χ1) is 13.9. The molecule has 0 saturated carbocycles. The van der Waals surface area contributed by atoms with Crippen LogP contribution in [0.15, 0.2) is 79.0 Å². The highest BCUT2D eigenvalue weighted by Crippen LogP contribution is 2.37. The van der Waals surface area contributed by atoms with Crippen LogP contribution in [0.3, 0.4) is 0 Å². The summed E-state index contributed by atoms with van der Waals surface area (Å²) in [5, 5.41) is 0. The number of nitrogens with zero attached hydrogens (tertiary/aromatic N) is 1. The van der Waals surface area contributed by atoms with Crippen LogP contribution < -0.4 is 10.2 Å². The summed E-state index contributed by atoms with van der Waals surface area (Å²) in [6.45, 7) is 8.17. The van der Waals surface area contributed by atoms with Crippen molar-refractivity contribution in [2.24, 2.45) is 0 Å². The van der Waals surface area contributed by atoms with Gasteiger partial charge in [-0.1, -0.05) is 66.7 Å². The van der Waals surface area contributed by atoms with Crippen LogP contribution in [0.25, 0.3) is 0 Å². The van der Waals surface area contributed by atoms with Gasteiger partial charge in [0, 0.05) is 11.7 Å². The fourth-order valence-electron chi connectivity index (χ4n) is 3.35. The molecule has 0 unspecified atom stereocenters. The van der Waals surface area contributed by atoms with Gasteiger partial charge in [0.1, 0.15) is 0 Å². The van der Waals surface area contributed by atoms with E-state index >= 15 is 0 Å². The van der Waals surface area contributed by atoms with E-state index in [1.807, 2.05) is 76.2 Å². The zero-order valence-corrected chi connectivity index (χ0v) is 17.3. The van der Waals surface area contributed by atoms with Crippen LogP contribution in [0.2, 0.25) is 0 Å². The first kappa shape index (κ1) is 19.7. The summed E-state index contributed by atoms with van der Waals surface area (Å²) in [6, 6.07) is 24.2. The Kier molecular flexibility index (Phi) is 5.20. The summed E-state index contributed by atoms with van der Waals surface area (Å²) in [6.07, 6.45) is 1.45. The van der Waals surface area contributed by atoms with Crippen molar-refractivity contribution in [3.05, 3.63) is 90.1 Å². The summed E-state index contributed by atoms with van der Waals surface area (Å²) in [5.74, 6) is 0.517. The van der Waals surface area contributed by atoms with Crippen molar-refractivity contribution < 1.29 is 14.0 Å². The molecule has 0 bridgehead atoms. The van der Waals surface area contributed by atoms with Crippen LogP contribution in [0.1, 0.15) is 44.9 Å². The predicted octanol–water partition coefficient (Wildman–Crippen LogP) is 4.55. The minimum Gasteiger partial charge on any atom is -0.465 e. The molecule has 148 valence electrons. The highest BCUT2D eigenvalue weighted by Gasteiger charge is 2.52. The molecule has 1 fully saturated rings. The summed E-state index contributed by atoms with van der Waals surface area (Å²) < 4.78 is 19.0. The zero-order chi connectivity index (χ0) is 20.5. The van der Waals surface area contributed by atoms with E-state index in [1.165, 1.54) is 0 Å². The van der Waals surface area contributed by atoms with Crippen molar-refractivity contribution >= 4 is 12.6 Å². The second-order valence-electron chi connectivity index (χ2n) is 8.31. The van der Waals surface area contributed by atoms with E-state index in [0.29, 0.717) is 5.88 Å². The van der Waals surface area contributed by atoms with Gasteiger partial charge in [-0.2, -0.15) is 0 Å². The van der Waals surface area contributed by atoms with E-state index in [-0.39, 0.29) is 6.10 Å². The molecular formula is C24H26BNO3. The minimum absolute atomic E-state index is 0.284. The van der Waals surface area contributed by atoms with Gasteiger partial charge in [-0.05, 0) is 44.9 Å². The van der Waals surface area contributed by atoms with Gasteiger partial charge in [0.2, 0.25) is 5.88 Å². The number of hydrogen-bond acceptors (Lipinski definition) is 4. The quantitative estimate of drug-likeness (QED) is 0.603. The topological polar surface area (TPSA) is 40.6 Å². The third kappa shape index (κ3) is 3.93. The Bertz CT molecular complexity index is 905. The SMILES string of the molecule is CC1(C)OB(c2cccnc2OC(c2ccccc2)c2ccccc2)OC1(C)C. The molecule has 29 heavy (non-hydrogen) atoms. The Hall–Kier alpha value is -2.63. The van der Waals surface area contributed by atoms with Crippen molar-refractivity contribution in [2.45, 2.75) is 45.0 Å². The smallest absolute Gasteiger partial charge is 0.465 e. The maximum absolute atomic E-state index is 6.50. The average Bonchev–Trinajstić information content (AvgIpc) is 2.95. The van der Waals surface area contributed by atoms with Gasteiger partial charge in [0.15, 0.2) is 6.10 Å². The van der Waals surface area contributed by atoms with Crippen molar-refractivity contribution in [1.29, 1.82) is 0 Å². The van der Waals surface area contributed by atoms with E-state index in [4.69, 9.17) is 14.0 Å².